The summed E-state index contributed by atoms with van der Waals surface area (Å²) in [6.45, 7) is 5.44. The summed E-state index contributed by atoms with van der Waals surface area (Å²) >= 11 is 0. The number of carbonyl (C=O) groups excluding carboxylic acids is 3. The Kier molecular flexibility index (Phi) is 5.77. The molecule has 2 atom stereocenters. The Morgan fingerprint density at radius 3 is 2.79 bits per heavy atom. The largest absolute Gasteiger partial charge is 0.467 e. The summed E-state index contributed by atoms with van der Waals surface area (Å²) in [7, 11) is 0. The second-order valence-corrected chi connectivity index (χ2v) is 9.88. The van der Waals surface area contributed by atoms with Crippen LogP contribution in [0.4, 0.5) is 10.5 Å². The van der Waals surface area contributed by atoms with Crippen molar-refractivity contribution < 1.29 is 33.5 Å². The van der Waals surface area contributed by atoms with Gasteiger partial charge in [-0.3, -0.25) is 24.6 Å². The molecule has 4 rings (SSSR count). The second kappa shape index (κ2) is 8.29. The maximum absolute atomic E-state index is 13.2. The van der Waals surface area contributed by atoms with Gasteiger partial charge in [-0.1, -0.05) is 20.8 Å². The summed E-state index contributed by atoms with van der Waals surface area (Å²) in [4.78, 5) is 49.8. The van der Waals surface area contributed by atoms with Crippen molar-refractivity contribution in [2.45, 2.75) is 58.8 Å². The fraction of sp³-hybridized carbons (Fsp3) is 0.591. The third-order valence-corrected chi connectivity index (χ3v) is 6.28. The van der Waals surface area contributed by atoms with Gasteiger partial charge in [-0.05, 0) is 30.6 Å². The monoisotopic (exact) mass is 461 g/mol. The summed E-state index contributed by atoms with van der Waals surface area (Å²) in [5.41, 5.74) is -0.522. The van der Waals surface area contributed by atoms with E-state index in [1.54, 1.807) is 0 Å². The van der Waals surface area contributed by atoms with Gasteiger partial charge < -0.3 is 19.5 Å². The molecule has 1 saturated carbocycles. The number of imide groups is 1. The van der Waals surface area contributed by atoms with Crippen molar-refractivity contribution in [2.24, 2.45) is 11.3 Å². The Labute approximate surface area is 190 Å². The van der Waals surface area contributed by atoms with Gasteiger partial charge in [0.05, 0.1) is 11.5 Å². The van der Waals surface area contributed by atoms with E-state index in [-0.39, 0.29) is 37.0 Å². The molecule has 1 aliphatic carbocycles. The van der Waals surface area contributed by atoms with Gasteiger partial charge in [-0.15, -0.1) is 0 Å². The molecule has 1 saturated heterocycles. The molecular formula is C22H27N3O8. The van der Waals surface area contributed by atoms with E-state index in [9.17, 15) is 24.5 Å². The van der Waals surface area contributed by atoms with E-state index in [4.69, 9.17) is 14.2 Å². The third kappa shape index (κ3) is 4.50. The van der Waals surface area contributed by atoms with Crippen molar-refractivity contribution in [3.05, 3.63) is 33.4 Å². The van der Waals surface area contributed by atoms with E-state index >= 15 is 0 Å². The zero-order chi connectivity index (χ0) is 24.0. The number of nitrogens with zero attached hydrogens (tertiary/aromatic N) is 2. The van der Waals surface area contributed by atoms with E-state index in [0.717, 1.165) is 11.3 Å². The van der Waals surface area contributed by atoms with Crippen LogP contribution in [0, 0.1) is 21.4 Å². The van der Waals surface area contributed by atoms with Gasteiger partial charge in [0.15, 0.2) is 6.79 Å². The number of carbonyl (C=O) groups is 3. The molecule has 178 valence electrons. The van der Waals surface area contributed by atoms with Gasteiger partial charge in [-0.2, -0.15) is 0 Å². The van der Waals surface area contributed by atoms with Crippen LogP contribution in [0.25, 0.3) is 0 Å². The van der Waals surface area contributed by atoms with Crippen molar-refractivity contribution in [3.63, 3.8) is 0 Å². The Balaban J connectivity index is 1.45. The molecule has 1 N–H and O–H groups in total. The molecule has 2 aliphatic heterocycles. The predicted molar refractivity (Wildman–Crippen MR) is 113 cm³/mol. The highest BCUT2D eigenvalue weighted by Gasteiger charge is 2.56. The number of hydrogen-bond donors (Lipinski definition) is 1. The second-order valence-electron chi connectivity index (χ2n) is 9.88. The minimum atomic E-state index is -1.01. The molecular weight excluding hydrogens is 434 g/mol. The van der Waals surface area contributed by atoms with E-state index in [2.05, 4.69) is 19.2 Å². The lowest BCUT2D eigenvalue weighted by Gasteiger charge is -2.43. The first kappa shape index (κ1) is 23.0. The van der Waals surface area contributed by atoms with Crippen LogP contribution in [-0.4, -0.2) is 46.6 Å². The number of hydrogen-bond acceptors (Lipinski definition) is 8. The molecule has 0 bridgehead atoms. The van der Waals surface area contributed by atoms with Crippen LogP contribution in [0.5, 0.6) is 5.75 Å². The van der Waals surface area contributed by atoms with Crippen molar-refractivity contribution in [1.82, 2.24) is 10.2 Å². The molecule has 1 aromatic rings. The van der Waals surface area contributed by atoms with E-state index in [1.807, 2.05) is 6.92 Å². The molecule has 0 radical (unpaired) electrons. The molecule has 1 aromatic carbocycles. The molecule has 1 spiro atoms. The highest BCUT2D eigenvalue weighted by atomic mass is 16.7. The number of benzene rings is 1. The highest BCUT2D eigenvalue weighted by Crippen LogP contribution is 2.46. The molecule has 0 aromatic heterocycles. The standard InChI is InChI=1S/C22H27N3O8/c1-13-6-21(2,3)11-22(7-13)19(27)24(20(28)23-22)8-17(26)32-10-15-5-16(25(29)30)4-14-9-31-12-33-18(14)15/h4-5,13H,6-12H2,1-3H3,(H,23,28). The Morgan fingerprint density at radius 2 is 2.09 bits per heavy atom. The number of esters is 1. The average molecular weight is 461 g/mol. The summed E-state index contributed by atoms with van der Waals surface area (Å²) < 4.78 is 15.9. The number of ether oxygens (including phenoxy) is 3. The summed E-state index contributed by atoms with van der Waals surface area (Å²) in [6, 6.07) is 2.00. The topological polar surface area (TPSA) is 137 Å². The van der Waals surface area contributed by atoms with Gasteiger partial charge in [0.25, 0.3) is 11.6 Å². The predicted octanol–water partition coefficient (Wildman–Crippen LogP) is 2.64. The van der Waals surface area contributed by atoms with Crippen LogP contribution in [0.3, 0.4) is 0 Å². The van der Waals surface area contributed by atoms with Gasteiger partial charge in [0.1, 0.15) is 24.4 Å². The summed E-state index contributed by atoms with van der Waals surface area (Å²) in [5.74, 6) is -0.607. The molecule has 11 heteroatoms. The lowest BCUT2D eigenvalue weighted by atomic mass is 9.64. The summed E-state index contributed by atoms with van der Waals surface area (Å²) in [5, 5.41) is 14.0. The van der Waals surface area contributed by atoms with Gasteiger partial charge in [-0.25, -0.2) is 4.79 Å². The fourth-order valence-electron chi connectivity index (χ4n) is 5.48. The maximum Gasteiger partial charge on any atom is 0.326 e. The van der Waals surface area contributed by atoms with Gasteiger partial charge in [0.2, 0.25) is 0 Å². The number of rotatable bonds is 5. The number of nitro benzene ring substituents is 1. The lowest BCUT2D eigenvalue weighted by Crippen LogP contribution is -2.54. The zero-order valence-corrected chi connectivity index (χ0v) is 18.8. The van der Waals surface area contributed by atoms with E-state index < -0.39 is 34.9 Å². The van der Waals surface area contributed by atoms with Crippen LogP contribution in [0.15, 0.2) is 12.1 Å². The quantitative estimate of drug-likeness (QED) is 0.306. The number of amides is 3. The van der Waals surface area contributed by atoms with Crippen LogP contribution >= 0.6 is 0 Å². The number of fused-ring (bicyclic) bond motifs is 1. The minimum absolute atomic E-state index is 0.0228. The van der Waals surface area contributed by atoms with Crippen molar-refractivity contribution in [1.29, 1.82) is 0 Å². The third-order valence-electron chi connectivity index (χ3n) is 6.28. The number of urea groups is 1. The molecule has 3 aliphatic rings. The Morgan fingerprint density at radius 1 is 1.33 bits per heavy atom. The molecule has 2 heterocycles. The Bertz CT molecular complexity index is 1020. The first-order valence-electron chi connectivity index (χ1n) is 10.8. The van der Waals surface area contributed by atoms with E-state index in [0.29, 0.717) is 29.7 Å². The van der Waals surface area contributed by atoms with Gasteiger partial charge in [0, 0.05) is 23.3 Å². The lowest BCUT2D eigenvalue weighted by molar-refractivity contribution is -0.385. The normalized spacial score (nSPS) is 25.9. The van der Waals surface area contributed by atoms with Crippen molar-refractivity contribution in [3.8, 4) is 5.75 Å². The molecule has 2 fully saturated rings. The zero-order valence-electron chi connectivity index (χ0n) is 18.8. The first-order chi connectivity index (χ1) is 15.5. The number of nitrogens with one attached hydrogen (secondary N) is 1. The fourth-order valence-corrected chi connectivity index (χ4v) is 5.48. The number of nitro groups is 1. The minimum Gasteiger partial charge on any atom is -0.467 e. The smallest absolute Gasteiger partial charge is 0.326 e. The molecule has 33 heavy (non-hydrogen) atoms. The SMILES string of the molecule is CC1CC(C)(C)CC2(C1)NC(=O)N(CC(=O)OCc1cc([N+](=O)[O-])cc3c1OCOC3)C2=O. The number of non-ortho nitro benzene ring substituents is 1. The van der Waals surface area contributed by atoms with Crippen molar-refractivity contribution in [2.75, 3.05) is 13.3 Å². The van der Waals surface area contributed by atoms with E-state index in [1.165, 1.54) is 12.1 Å². The molecule has 11 nitrogen and oxygen atoms in total. The Hall–Kier alpha value is -3.21. The maximum atomic E-state index is 13.2. The highest BCUT2D eigenvalue weighted by molar-refractivity contribution is 6.08. The average Bonchev–Trinajstić information content (AvgIpc) is 2.93. The first-order valence-corrected chi connectivity index (χ1v) is 10.8. The van der Waals surface area contributed by atoms with Gasteiger partial charge >= 0.3 is 12.0 Å². The summed E-state index contributed by atoms with van der Waals surface area (Å²) in [6.07, 6.45) is 1.96. The van der Waals surface area contributed by atoms with Crippen molar-refractivity contribution >= 4 is 23.6 Å². The van der Waals surface area contributed by atoms with Crippen LogP contribution in [0.2, 0.25) is 0 Å². The van der Waals surface area contributed by atoms with Crippen LogP contribution in [-0.2, 0) is 32.3 Å². The molecule has 3 amide bonds. The van der Waals surface area contributed by atoms with Crippen LogP contribution in [0.1, 0.15) is 51.2 Å². The van der Waals surface area contributed by atoms with Crippen LogP contribution < -0.4 is 10.1 Å². The molecule has 2 unspecified atom stereocenters.